The number of aliphatic imine (C=N–C) groups is 1. The fourth-order valence-corrected chi connectivity index (χ4v) is 2.73. The standard InChI is InChI=1S/C19H27F2N5/c1-5-22-19(23-11-14-9-10-26(4)13-14)24-12-17(25(2)3)18-15(20)7-6-8-16(18)21/h6-10,13,17H,5,11-12H2,1-4H3,(H2,22,23,24). The van der Waals surface area contributed by atoms with Crippen molar-refractivity contribution in [1.29, 1.82) is 0 Å². The molecule has 0 aliphatic rings. The van der Waals surface area contributed by atoms with Gasteiger partial charge in [-0.3, -0.25) is 0 Å². The number of nitrogens with zero attached hydrogens (tertiary/aromatic N) is 3. The molecule has 7 heteroatoms. The van der Waals surface area contributed by atoms with Crippen LogP contribution in [0.2, 0.25) is 0 Å². The van der Waals surface area contributed by atoms with Crippen molar-refractivity contribution in [3.05, 3.63) is 59.4 Å². The Bertz CT molecular complexity index is 719. The number of rotatable bonds is 7. The second kappa shape index (κ2) is 9.33. The highest BCUT2D eigenvalue weighted by atomic mass is 19.1. The lowest BCUT2D eigenvalue weighted by molar-refractivity contribution is 0.282. The Hall–Kier alpha value is -2.41. The number of guanidine groups is 1. The van der Waals surface area contributed by atoms with Gasteiger partial charge in [-0.15, -0.1) is 0 Å². The van der Waals surface area contributed by atoms with Crippen molar-refractivity contribution in [2.45, 2.75) is 19.5 Å². The van der Waals surface area contributed by atoms with Gasteiger partial charge in [0.05, 0.1) is 12.6 Å². The Morgan fingerprint density at radius 3 is 2.42 bits per heavy atom. The van der Waals surface area contributed by atoms with Crippen LogP contribution in [0, 0.1) is 11.6 Å². The Labute approximate surface area is 153 Å². The van der Waals surface area contributed by atoms with Gasteiger partial charge in [0.15, 0.2) is 5.96 Å². The number of halogens is 2. The molecule has 1 heterocycles. The molecule has 0 amide bonds. The van der Waals surface area contributed by atoms with E-state index >= 15 is 0 Å². The minimum absolute atomic E-state index is 0.0592. The third-order valence-corrected chi connectivity index (χ3v) is 4.08. The number of aromatic nitrogens is 1. The Morgan fingerprint density at radius 2 is 1.88 bits per heavy atom. The van der Waals surface area contributed by atoms with Gasteiger partial charge in [0.1, 0.15) is 11.6 Å². The molecule has 0 radical (unpaired) electrons. The quantitative estimate of drug-likeness (QED) is 0.587. The molecule has 0 bridgehead atoms. The maximum Gasteiger partial charge on any atom is 0.191 e. The van der Waals surface area contributed by atoms with Gasteiger partial charge in [-0.2, -0.15) is 0 Å². The van der Waals surface area contributed by atoms with Gasteiger partial charge in [0.2, 0.25) is 0 Å². The molecular formula is C19H27F2N5. The van der Waals surface area contributed by atoms with Gasteiger partial charge < -0.3 is 20.1 Å². The predicted molar refractivity (Wildman–Crippen MR) is 101 cm³/mol. The molecule has 1 unspecified atom stereocenters. The third kappa shape index (κ3) is 5.29. The molecule has 142 valence electrons. The Kier molecular flexibility index (Phi) is 7.15. The molecule has 26 heavy (non-hydrogen) atoms. The van der Waals surface area contributed by atoms with Gasteiger partial charge in [-0.05, 0) is 44.8 Å². The zero-order chi connectivity index (χ0) is 19.1. The Morgan fingerprint density at radius 1 is 1.19 bits per heavy atom. The maximum absolute atomic E-state index is 14.2. The molecule has 0 spiro atoms. The van der Waals surface area contributed by atoms with Crippen LogP contribution in [0.5, 0.6) is 0 Å². The van der Waals surface area contributed by atoms with Crippen molar-refractivity contribution >= 4 is 5.96 Å². The number of hydrogen-bond acceptors (Lipinski definition) is 2. The summed E-state index contributed by atoms with van der Waals surface area (Å²) in [7, 11) is 5.56. The summed E-state index contributed by atoms with van der Waals surface area (Å²) in [6.45, 7) is 3.52. The van der Waals surface area contributed by atoms with E-state index in [0.717, 1.165) is 5.56 Å². The van der Waals surface area contributed by atoms with E-state index in [1.807, 2.05) is 37.0 Å². The molecule has 0 aliphatic heterocycles. The summed E-state index contributed by atoms with van der Waals surface area (Å²) in [5.74, 6) is -0.478. The number of aryl methyl sites for hydroxylation is 1. The summed E-state index contributed by atoms with van der Waals surface area (Å²) in [5.41, 5.74) is 1.15. The monoisotopic (exact) mass is 363 g/mol. The fraction of sp³-hybridized carbons (Fsp3) is 0.421. The first-order valence-electron chi connectivity index (χ1n) is 8.65. The highest BCUT2D eigenvalue weighted by Crippen LogP contribution is 2.23. The molecule has 0 aliphatic carbocycles. The van der Waals surface area contributed by atoms with Crippen LogP contribution in [0.4, 0.5) is 8.78 Å². The molecule has 1 aromatic carbocycles. The van der Waals surface area contributed by atoms with Crippen LogP contribution in [0.15, 0.2) is 41.7 Å². The summed E-state index contributed by atoms with van der Waals surface area (Å²) in [4.78, 5) is 6.33. The highest BCUT2D eigenvalue weighted by molar-refractivity contribution is 5.79. The van der Waals surface area contributed by atoms with E-state index in [-0.39, 0.29) is 5.56 Å². The molecule has 1 aromatic heterocycles. The summed E-state index contributed by atoms with van der Waals surface area (Å²) < 4.78 is 30.3. The fourth-order valence-electron chi connectivity index (χ4n) is 2.73. The van der Waals surface area contributed by atoms with Crippen molar-refractivity contribution in [1.82, 2.24) is 20.1 Å². The van der Waals surface area contributed by atoms with Crippen LogP contribution >= 0.6 is 0 Å². The van der Waals surface area contributed by atoms with E-state index in [1.165, 1.54) is 18.2 Å². The van der Waals surface area contributed by atoms with Crippen LogP contribution in [-0.2, 0) is 13.6 Å². The first-order chi connectivity index (χ1) is 12.4. The van der Waals surface area contributed by atoms with Crippen LogP contribution in [0.25, 0.3) is 0 Å². The summed E-state index contributed by atoms with van der Waals surface area (Å²) in [5, 5.41) is 6.35. The summed E-state index contributed by atoms with van der Waals surface area (Å²) >= 11 is 0. The van der Waals surface area contributed by atoms with Gasteiger partial charge in [-0.1, -0.05) is 6.07 Å². The lowest BCUT2D eigenvalue weighted by Gasteiger charge is -2.26. The zero-order valence-electron chi connectivity index (χ0n) is 15.8. The molecule has 0 fully saturated rings. The molecule has 0 saturated heterocycles. The van der Waals surface area contributed by atoms with E-state index in [9.17, 15) is 8.78 Å². The van der Waals surface area contributed by atoms with Crippen molar-refractivity contribution < 1.29 is 8.78 Å². The second-order valence-corrected chi connectivity index (χ2v) is 6.38. The van der Waals surface area contributed by atoms with Gasteiger partial charge in [0, 0.05) is 38.1 Å². The predicted octanol–water partition coefficient (Wildman–Crippen LogP) is 2.66. The van der Waals surface area contributed by atoms with Crippen LogP contribution in [0.3, 0.4) is 0 Å². The van der Waals surface area contributed by atoms with Crippen LogP contribution < -0.4 is 10.6 Å². The van der Waals surface area contributed by atoms with Crippen LogP contribution in [0.1, 0.15) is 24.1 Å². The molecule has 5 nitrogen and oxygen atoms in total. The van der Waals surface area contributed by atoms with Gasteiger partial charge in [0.25, 0.3) is 0 Å². The summed E-state index contributed by atoms with van der Waals surface area (Å²) in [6, 6.07) is 5.48. The minimum atomic E-state index is -0.545. The number of likely N-dealkylation sites (N-methyl/N-ethyl adjacent to an activating group) is 1. The molecule has 2 N–H and O–H groups in total. The third-order valence-electron chi connectivity index (χ3n) is 4.08. The number of nitrogens with one attached hydrogen (secondary N) is 2. The lowest BCUT2D eigenvalue weighted by Crippen LogP contribution is -2.42. The zero-order valence-corrected chi connectivity index (χ0v) is 15.8. The molecule has 2 aromatic rings. The minimum Gasteiger partial charge on any atom is -0.357 e. The SMILES string of the molecule is CCNC(=NCc1ccn(C)c1)NCC(c1c(F)cccc1F)N(C)C. The van der Waals surface area contributed by atoms with Crippen molar-refractivity contribution in [3.8, 4) is 0 Å². The second-order valence-electron chi connectivity index (χ2n) is 6.38. The largest absolute Gasteiger partial charge is 0.357 e. The van der Waals surface area contributed by atoms with Crippen molar-refractivity contribution in [3.63, 3.8) is 0 Å². The smallest absolute Gasteiger partial charge is 0.191 e. The first kappa shape index (κ1) is 19.9. The van der Waals surface area contributed by atoms with Crippen molar-refractivity contribution in [2.24, 2.45) is 12.0 Å². The lowest BCUT2D eigenvalue weighted by atomic mass is 10.0. The van der Waals surface area contributed by atoms with E-state index < -0.39 is 17.7 Å². The topological polar surface area (TPSA) is 44.6 Å². The van der Waals surface area contributed by atoms with Crippen LogP contribution in [-0.4, -0.2) is 42.6 Å². The average Bonchev–Trinajstić information content (AvgIpc) is 3.00. The van der Waals surface area contributed by atoms with Gasteiger partial charge >= 0.3 is 0 Å². The van der Waals surface area contributed by atoms with E-state index in [0.29, 0.717) is 25.6 Å². The van der Waals surface area contributed by atoms with E-state index in [4.69, 9.17) is 0 Å². The molecule has 1 atom stereocenters. The normalized spacial score (nSPS) is 13.1. The summed E-state index contributed by atoms with van der Waals surface area (Å²) in [6.07, 6.45) is 3.97. The average molecular weight is 363 g/mol. The van der Waals surface area contributed by atoms with Gasteiger partial charge in [-0.25, -0.2) is 13.8 Å². The molecule has 2 rings (SSSR count). The maximum atomic E-state index is 14.2. The Balaban J connectivity index is 2.11. The van der Waals surface area contributed by atoms with E-state index in [2.05, 4.69) is 15.6 Å². The molecule has 0 saturated carbocycles. The van der Waals surface area contributed by atoms with Crippen molar-refractivity contribution in [2.75, 3.05) is 27.2 Å². The van der Waals surface area contributed by atoms with E-state index in [1.54, 1.807) is 19.0 Å². The first-order valence-corrected chi connectivity index (χ1v) is 8.65. The number of benzene rings is 1. The highest BCUT2D eigenvalue weighted by Gasteiger charge is 2.22. The molecular weight excluding hydrogens is 336 g/mol. The number of hydrogen-bond donors (Lipinski definition) is 2.